The molecule has 308 valence electrons. The number of nitrogens with zero attached hydrogens (tertiary/aromatic N) is 2. The third-order valence-corrected chi connectivity index (χ3v) is 12.2. The highest BCUT2D eigenvalue weighted by atomic mass is 16.5. The molecule has 0 saturated carbocycles. The molecule has 0 spiro atoms. The van der Waals surface area contributed by atoms with Gasteiger partial charge in [0.1, 0.15) is 5.75 Å². The lowest BCUT2D eigenvalue weighted by Gasteiger charge is -2.37. The second-order valence-corrected chi connectivity index (χ2v) is 15.9. The molecular formula is C49H54N2O8. The third-order valence-electron chi connectivity index (χ3n) is 12.2. The van der Waals surface area contributed by atoms with Gasteiger partial charge in [-0.05, 0) is 128 Å². The molecule has 0 fully saturated rings. The number of benzene rings is 5. The van der Waals surface area contributed by atoms with Gasteiger partial charge in [-0.2, -0.15) is 0 Å². The summed E-state index contributed by atoms with van der Waals surface area (Å²) in [5, 5.41) is 19.9. The molecule has 0 aromatic heterocycles. The minimum absolute atomic E-state index is 0.0448. The van der Waals surface area contributed by atoms with Crippen LogP contribution < -0.4 is 23.7 Å². The van der Waals surface area contributed by atoms with Crippen molar-refractivity contribution in [1.82, 2.24) is 9.80 Å². The topological polar surface area (TPSA) is 110 Å². The summed E-state index contributed by atoms with van der Waals surface area (Å²) in [6.45, 7) is 1.95. The predicted octanol–water partition coefficient (Wildman–Crippen LogP) is 8.56. The average Bonchev–Trinajstić information content (AvgIpc) is 3.26. The molecule has 0 radical (unpaired) electrons. The number of hydrogen-bond acceptors (Lipinski definition) is 10. The number of carbonyl (C=O) groups excluding carboxylic acids is 1. The highest BCUT2D eigenvalue weighted by Gasteiger charge is 2.34. The highest BCUT2D eigenvalue weighted by Crippen LogP contribution is 2.50. The Balaban J connectivity index is 1.15. The van der Waals surface area contributed by atoms with E-state index in [0.29, 0.717) is 77.9 Å². The van der Waals surface area contributed by atoms with E-state index >= 15 is 0 Å². The first-order valence-electron chi connectivity index (χ1n) is 20.6. The number of fused-ring (bicyclic) bond motifs is 2. The second kappa shape index (κ2) is 17.8. The maximum Gasteiger partial charge on any atom is 0.174 e. The quantitative estimate of drug-likeness (QED) is 0.0997. The van der Waals surface area contributed by atoms with Crippen LogP contribution in [0.1, 0.15) is 86.2 Å². The maximum atomic E-state index is 12.8. The molecule has 59 heavy (non-hydrogen) atoms. The van der Waals surface area contributed by atoms with Crippen molar-refractivity contribution in [3.63, 3.8) is 0 Å². The van der Waals surface area contributed by atoms with Gasteiger partial charge >= 0.3 is 0 Å². The lowest BCUT2D eigenvalue weighted by molar-refractivity contribution is 0.0977. The van der Waals surface area contributed by atoms with E-state index in [1.807, 2.05) is 18.2 Å². The van der Waals surface area contributed by atoms with Crippen LogP contribution in [0.5, 0.6) is 40.2 Å². The lowest BCUT2D eigenvalue weighted by Crippen LogP contribution is -2.34. The first-order chi connectivity index (χ1) is 28.8. The molecule has 4 aliphatic rings. The fourth-order valence-electron chi connectivity index (χ4n) is 8.82. The lowest BCUT2D eigenvalue weighted by atomic mass is 9.86. The van der Waals surface area contributed by atoms with Crippen molar-refractivity contribution in [3.05, 3.63) is 135 Å². The molecule has 0 saturated heterocycles. The molecule has 10 heteroatoms. The molecule has 9 rings (SSSR count). The number of hydrogen-bond donors (Lipinski definition) is 2. The van der Waals surface area contributed by atoms with Crippen LogP contribution in [0.3, 0.4) is 0 Å². The van der Waals surface area contributed by atoms with Crippen LogP contribution in [0.15, 0.2) is 84.9 Å². The largest absolute Gasteiger partial charge is 0.493 e. The van der Waals surface area contributed by atoms with E-state index in [0.717, 1.165) is 60.4 Å². The summed E-state index contributed by atoms with van der Waals surface area (Å²) in [6, 6.07) is 27.9. The van der Waals surface area contributed by atoms with E-state index in [1.54, 1.807) is 38.5 Å². The van der Waals surface area contributed by atoms with Gasteiger partial charge in [0.2, 0.25) is 0 Å². The summed E-state index contributed by atoms with van der Waals surface area (Å²) in [4.78, 5) is 17.6. The summed E-state index contributed by atoms with van der Waals surface area (Å²) >= 11 is 0. The average molecular weight is 799 g/mol. The molecule has 2 N–H and O–H groups in total. The van der Waals surface area contributed by atoms with Gasteiger partial charge in [0.25, 0.3) is 0 Å². The fourth-order valence-corrected chi connectivity index (χ4v) is 8.82. The third kappa shape index (κ3) is 8.54. The Hall–Kier alpha value is -5.39. The van der Waals surface area contributed by atoms with Crippen molar-refractivity contribution in [2.24, 2.45) is 0 Å². The molecule has 10 nitrogen and oxygen atoms in total. The first kappa shape index (κ1) is 40.4. The zero-order chi connectivity index (χ0) is 41.0. The highest BCUT2D eigenvalue weighted by molar-refractivity contribution is 5.96. The van der Waals surface area contributed by atoms with Crippen molar-refractivity contribution in [2.45, 2.75) is 70.2 Å². The van der Waals surface area contributed by atoms with Gasteiger partial charge < -0.3 is 33.9 Å². The van der Waals surface area contributed by atoms with Crippen LogP contribution in [-0.4, -0.2) is 73.8 Å². The van der Waals surface area contributed by atoms with Crippen molar-refractivity contribution >= 4 is 5.78 Å². The number of aliphatic hydroxyl groups is 2. The Bertz CT molecular complexity index is 2290. The zero-order valence-corrected chi connectivity index (χ0v) is 34.5. The van der Waals surface area contributed by atoms with Gasteiger partial charge in [-0.3, -0.25) is 14.6 Å². The fraction of sp³-hybridized carbons (Fsp3) is 0.367. The van der Waals surface area contributed by atoms with E-state index < -0.39 is 0 Å². The van der Waals surface area contributed by atoms with E-state index in [2.05, 4.69) is 66.4 Å². The number of methoxy groups -OCH3 is 2. The van der Waals surface area contributed by atoms with Crippen LogP contribution in [0, 0.1) is 0 Å². The number of likely N-dealkylation sites (N-methyl/N-ethyl adjacent to an activating group) is 2. The molecule has 4 aliphatic heterocycles. The van der Waals surface area contributed by atoms with Crippen molar-refractivity contribution in [3.8, 4) is 40.2 Å². The van der Waals surface area contributed by atoms with Crippen LogP contribution in [0.25, 0.3) is 0 Å². The first-order valence-corrected chi connectivity index (χ1v) is 20.6. The van der Waals surface area contributed by atoms with Gasteiger partial charge in [0.05, 0.1) is 34.0 Å². The molecule has 0 unspecified atom stereocenters. The van der Waals surface area contributed by atoms with Crippen molar-refractivity contribution < 1.29 is 38.7 Å². The number of Topliss-reactive ketones (excluding diaryl/α,β-unsaturated/α-hetero) is 1. The maximum absolute atomic E-state index is 12.8. The minimum Gasteiger partial charge on any atom is -0.493 e. The van der Waals surface area contributed by atoms with Gasteiger partial charge in [-0.1, -0.05) is 42.5 Å². The number of rotatable bonds is 11. The molecule has 0 amide bonds. The number of carbonyl (C=O) groups is 1. The Morgan fingerprint density at radius 3 is 2.17 bits per heavy atom. The van der Waals surface area contributed by atoms with E-state index in [-0.39, 0.29) is 31.1 Å². The Kier molecular flexibility index (Phi) is 12.2. The summed E-state index contributed by atoms with van der Waals surface area (Å²) in [6.07, 6.45) is 4.93. The standard InChI is InChI=1S/C49H54N2O8/c1-50-20-18-35-27-44(55-3)46-28-39(35)40(50)23-31-10-15-38(16-11-31)58-45-25-33(12-17-43(45)57-22-6-5-7-42(54)34-13-8-32(29-52)9-14-34)24-41-47-36(19-21-51(41)2)26-37(30-53)48(56-4)49(47)59-46/h8-17,25-28,40-41,52-53H,5-7,18-24,29-30H2,1-4H3/t40-,41+/m0/s1. The Morgan fingerprint density at radius 2 is 1.44 bits per heavy atom. The number of ether oxygens (including phenoxy) is 5. The Labute approximate surface area is 346 Å². The van der Waals surface area contributed by atoms with E-state index in [1.165, 1.54) is 16.7 Å². The van der Waals surface area contributed by atoms with Crippen LogP contribution in [0.2, 0.25) is 0 Å². The van der Waals surface area contributed by atoms with Crippen molar-refractivity contribution in [1.29, 1.82) is 0 Å². The Morgan fingerprint density at radius 1 is 0.729 bits per heavy atom. The van der Waals surface area contributed by atoms with Crippen LogP contribution in [-0.2, 0) is 38.9 Å². The van der Waals surface area contributed by atoms with Crippen LogP contribution >= 0.6 is 0 Å². The van der Waals surface area contributed by atoms with E-state index in [9.17, 15) is 15.0 Å². The molecule has 4 heterocycles. The van der Waals surface area contributed by atoms with Gasteiger partial charge in [-0.15, -0.1) is 0 Å². The summed E-state index contributed by atoms with van der Waals surface area (Å²) in [5.74, 6) is 4.44. The van der Waals surface area contributed by atoms with Gasteiger partial charge in [-0.25, -0.2) is 0 Å². The van der Waals surface area contributed by atoms with Gasteiger partial charge in [0, 0.05) is 48.3 Å². The second-order valence-electron chi connectivity index (χ2n) is 15.9. The molecule has 2 atom stereocenters. The molecule has 6 bridgehead atoms. The van der Waals surface area contributed by atoms with Crippen LogP contribution in [0.4, 0.5) is 0 Å². The van der Waals surface area contributed by atoms with Crippen molar-refractivity contribution in [2.75, 3.05) is 48.0 Å². The molecule has 0 aliphatic carbocycles. The zero-order valence-electron chi connectivity index (χ0n) is 34.5. The minimum atomic E-state index is -0.183. The summed E-state index contributed by atoms with van der Waals surface area (Å²) in [5.41, 5.74) is 8.95. The molecule has 5 aromatic rings. The van der Waals surface area contributed by atoms with Gasteiger partial charge in [0.15, 0.2) is 40.3 Å². The summed E-state index contributed by atoms with van der Waals surface area (Å²) in [7, 11) is 7.63. The summed E-state index contributed by atoms with van der Waals surface area (Å²) < 4.78 is 32.2. The van der Waals surface area contributed by atoms with E-state index in [4.69, 9.17) is 23.7 Å². The molecular weight excluding hydrogens is 745 g/mol. The smallest absolute Gasteiger partial charge is 0.174 e. The molecule has 5 aromatic carbocycles. The number of unbranched alkanes of at least 4 members (excludes halogenated alkanes) is 1. The normalized spacial score (nSPS) is 17.5. The SMILES string of the molecule is COc1cc2c3cc1Oc1c(OC)c(CO)cc4c1[C@@H](Cc1ccc(OCCCCC(=O)c5ccc(CO)cc5)c(c1)Oc1ccc(cc1)C[C@@H]3N(C)CC2)N(C)CC4. The number of ketones is 1. The monoisotopic (exact) mass is 798 g/mol. The predicted molar refractivity (Wildman–Crippen MR) is 227 cm³/mol. The number of aliphatic hydroxyl groups excluding tert-OH is 2.